The van der Waals surface area contributed by atoms with Crippen molar-refractivity contribution in [3.63, 3.8) is 0 Å². The minimum Gasteiger partial charge on any atom is -0.507 e. The minimum absolute atomic E-state index is 0.0343. The summed E-state index contributed by atoms with van der Waals surface area (Å²) in [7, 11) is 1.57. The highest BCUT2D eigenvalue weighted by Crippen LogP contribution is 2.40. The minimum atomic E-state index is -0.730. The largest absolute Gasteiger partial charge is 0.507 e. The van der Waals surface area contributed by atoms with Crippen molar-refractivity contribution >= 4 is 40.7 Å². The van der Waals surface area contributed by atoms with Gasteiger partial charge in [-0.2, -0.15) is 0 Å². The van der Waals surface area contributed by atoms with E-state index in [2.05, 4.69) is 0 Å². The number of methoxy groups -OCH3 is 1. The molecule has 5 nitrogen and oxygen atoms in total. The van der Waals surface area contributed by atoms with E-state index < -0.39 is 17.7 Å². The molecular formula is C21H19Cl2NO4. The van der Waals surface area contributed by atoms with Crippen LogP contribution in [0.1, 0.15) is 23.6 Å². The Morgan fingerprint density at radius 1 is 1.11 bits per heavy atom. The lowest BCUT2D eigenvalue weighted by molar-refractivity contribution is -0.140. The predicted octanol–water partition coefficient (Wildman–Crippen LogP) is 4.45. The third kappa shape index (κ3) is 4.07. The number of ketones is 1. The third-order valence-electron chi connectivity index (χ3n) is 4.57. The molecule has 0 spiro atoms. The maximum absolute atomic E-state index is 12.8. The number of amides is 1. The zero-order valence-electron chi connectivity index (χ0n) is 15.2. The smallest absolute Gasteiger partial charge is 0.295 e. The number of halogens is 2. The Bertz CT molecular complexity index is 924. The molecular weight excluding hydrogens is 401 g/mol. The second-order valence-electron chi connectivity index (χ2n) is 6.40. The number of aliphatic hydroxyl groups is 1. The molecule has 0 saturated carbocycles. The van der Waals surface area contributed by atoms with Crippen LogP contribution in [0.15, 0.2) is 54.1 Å². The van der Waals surface area contributed by atoms with Crippen molar-refractivity contribution in [1.29, 1.82) is 0 Å². The first kappa shape index (κ1) is 20.4. The quantitative estimate of drug-likeness (QED) is 0.325. The molecule has 1 atom stereocenters. The van der Waals surface area contributed by atoms with Crippen LogP contribution in [0.25, 0.3) is 5.76 Å². The Hall–Kier alpha value is -2.34. The number of hydrogen-bond donors (Lipinski definition) is 1. The number of hydrogen-bond acceptors (Lipinski definition) is 4. The molecule has 7 heteroatoms. The van der Waals surface area contributed by atoms with Gasteiger partial charge in [0.15, 0.2) is 0 Å². The first-order valence-corrected chi connectivity index (χ1v) is 9.48. The number of benzene rings is 2. The fraction of sp³-hybridized carbons (Fsp3) is 0.238. The molecule has 1 aliphatic heterocycles. The predicted molar refractivity (Wildman–Crippen MR) is 108 cm³/mol. The number of ether oxygens (including phenoxy) is 1. The maximum Gasteiger partial charge on any atom is 0.295 e. The lowest BCUT2D eigenvalue weighted by atomic mass is 9.95. The molecule has 0 radical (unpaired) electrons. The fourth-order valence-corrected chi connectivity index (χ4v) is 3.60. The summed E-state index contributed by atoms with van der Waals surface area (Å²) in [5.74, 6) is -1.62. The first-order chi connectivity index (χ1) is 13.4. The second-order valence-corrected chi connectivity index (χ2v) is 7.27. The van der Waals surface area contributed by atoms with Crippen LogP contribution in [-0.2, 0) is 14.3 Å². The molecule has 1 N–H and O–H groups in total. The molecule has 2 aromatic carbocycles. The molecule has 1 fully saturated rings. The molecule has 0 aliphatic carbocycles. The molecule has 1 unspecified atom stereocenters. The highest BCUT2D eigenvalue weighted by Gasteiger charge is 2.45. The van der Waals surface area contributed by atoms with Crippen LogP contribution in [0.2, 0.25) is 10.0 Å². The Labute approximate surface area is 173 Å². The summed E-state index contributed by atoms with van der Waals surface area (Å²) in [5, 5.41) is 11.8. The molecule has 1 heterocycles. The fourth-order valence-electron chi connectivity index (χ4n) is 3.28. The molecule has 1 saturated heterocycles. The van der Waals surface area contributed by atoms with Crippen LogP contribution in [0, 0.1) is 0 Å². The molecule has 1 amide bonds. The zero-order chi connectivity index (χ0) is 20.3. The summed E-state index contributed by atoms with van der Waals surface area (Å²) >= 11 is 12.0. The van der Waals surface area contributed by atoms with E-state index in [9.17, 15) is 14.7 Å². The van der Waals surface area contributed by atoms with Crippen LogP contribution < -0.4 is 0 Å². The van der Waals surface area contributed by atoms with Crippen molar-refractivity contribution in [3.05, 3.63) is 75.3 Å². The van der Waals surface area contributed by atoms with E-state index in [0.29, 0.717) is 40.7 Å². The summed E-state index contributed by atoms with van der Waals surface area (Å²) in [6.07, 6.45) is 0.557. The van der Waals surface area contributed by atoms with Gasteiger partial charge in [0.2, 0.25) is 0 Å². The summed E-state index contributed by atoms with van der Waals surface area (Å²) in [4.78, 5) is 27.0. The SMILES string of the molecule is COCCCN1C(=O)C(=O)C(=C(O)c2ccc(Cl)cc2)C1c1cccc(Cl)c1. The topological polar surface area (TPSA) is 66.8 Å². The van der Waals surface area contributed by atoms with Crippen LogP contribution in [-0.4, -0.2) is 42.0 Å². The number of likely N-dealkylation sites (tertiary alicyclic amines) is 1. The number of Topliss-reactive ketones (excluding diaryl/α,β-unsaturated/α-hetero) is 1. The Balaban J connectivity index is 2.12. The van der Waals surface area contributed by atoms with Gasteiger partial charge >= 0.3 is 0 Å². The van der Waals surface area contributed by atoms with Crippen molar-refractivity contribution in [1.82, 2.24) is 4.90 Å². The van der Waals surface area contributed by atoms with Gasteiger partial charge in [0.05, 0.1) is 11.6 Å². The standard InChI is InChI=1S/C21H19Cl2NO4/c1-28-11-3-10-24-18(14-4-2-5-16(23)12-14)17(20(26)21(24)27)19(25)13-6-8-15(22)9-7-13/h2,4-9,12,18,25H,3,10-11H2,1H3. The van der Waals surface area contributed by atoms with Gasteiger partial charge in [0.25, 0.3) is 11.7 Å². The van der Waals surface area contributed by atoms with Gasteiger partial charge in [-0.05, 0) is 48.4 Å². The lowest BCUT2D eigenvalue weighted by Crippen LogP contribution is -2.31. The van der Waals surface area contributed by atoms with Gasteiger partial charge in [-0.1, -0.05) is 35.3 Å². The highest BCUT2D eigenvalue weighted by molar-refractivity contribution is 6.46. The van der Waals surface area contributed by atoms with Gasteiger partial charge in [0.1, 0.15) is 5.76 Å². The number of nitrogens with zero attached hydrogens (tertiary/aromatic N) is 1. The third-order valence-corrected chi connectivity index (χ3v) is 5.06. The Kier molecular flexibility index (Phi) is 6.39. The maximum atomic E-state index is 12.8. The van der Waals surface area contributed by atoms with Crippen molar-refractivity contribution in [2.75, 3.05) is 20.3 Å². The Morgan fingerprint density at radius 2 is 1.82 bits per heavy atom. The summed E-state index contributed by atoms with van der Waals surface area (Å²) in [5.41, 5.74) is 1.10. The van der Waals surface area contributed by atoms with E-state index in [4.69, 9.17) is 27.9 Å². The number of aliphatic hydroxyl groups excluding tert-OH is 1. The Morgan fingerprint density at radius 3 is 2.46 bits per heavy atom. The van der Waals surface area contributed by atoms with Crippen molar-refractivity contribution < 1.29 is 19.4 Å². The van der Waals surface area contributed by atoms with Crippen LogP contribution in [0.4, 0.5) is 0 Å². The van der Waals surface area contributed by atoms with E-state index in [0.717, 1.165) is 0 Å². The summed E-state index contributed by atoms with van der Waals surface area (Å²) < 4.78 is 5.06. The van der Waals surface area contributed by atoms with Gasteiger partial charge in [0, 0.05) is 35.9 Å². The summed E-state index contributed by atoms with van der Waals surface area (Å²) in [6.45, 7) is 0.759. The molecule has 1 aliphatic rings. The van der Waals surface area contributed by atoms with Gasteiger partial charge in [-0.3, -0.25) is 9.59 Å². The van der Waals surface area contributed by atoms with E-state index in [1.165, 1.54) is 4.90 Å². The molecule has 0 bridgehead atoms. The average molecular weight is 420 g/mol. The normalized spacial score (nSPS) is 18.7. The molecule has 3 rings (SSSR count). The number of carbonyl (C=O) groups is 2. The zero-order valence-corrected chi connectivity index (χ0v) is 16.7. The monoisotopic (exact) mass is 419 g/mol. The van der Waals surface area contributed by atoms with Crippen LogP contribution in [0.5, 0.6) is 0 Å². The first-order valence-electron chi connectivity index (χ1n) is 8.72. The van der Waals surface area contributed by atoms with Crippen LogP contribution in [0.3, 0.4) is 0 Å². The molecule has 28 heavy (non-hydrogen) atoms. The highest BCUT2D eigenvalue weighted by atomic mass is 35.5. The summed E-state index contributed by atoms with van der Waals surface area (Å²) in [6, 6.07) is 12.6. The van der Waals surface area contributed by atoms with E-state index in [1.807, 2.05) is 0 Å². The molecule has 2 aromatic rings. The average Bonchev–Trinajstić information content (AvgIpc) is 2.93. The van der Waals surface area contributed by atoms with Gasteiger partial charge < -0.3 is 14.7 Å². The van der Waals surface area contributed by atoms with Crippen LogP contribution >= 0.6 is 23.2 Å². The van der Waals surface area contributed by atoms with Crippen molar-refractivity contribution in [3.8, 4) is 0 Å². The van der Waals surface area contributed by atoms with Crippen molar-refractivity contribution in [2.24, 2.45) is 0 Å². The van der Waals surface area contributed by atoms with E-state index >= 15 is 0 Å². The second kappa shape index (κ2) is 8.78. The van der Waals surface area contributed by atoms with Gasteiger partial charge in [-0.25, -0.2) is 0 Å². The van der Waals surface area contributed by atoms with E-state index in [1.54, 1.807) is 55.6 Å². The van der Waals surface area contributed by atoms with Gasteiger partial charge in [-0.15, -0.1) is 0 Å². The molecule has 146 valence electrons. The van der Waals surface area contributed by atoms with E-state index in [-0.39, 0.29) is 11.3 Å². The molecule has 0 aromatic heterocycles. The number of carbonyl (C=O) groups excluding carboxylic acids is 2. The lowest BCUT2D eigenvalue weighted by Gasteiger charge is -2.25. The number of rotatable bonds is 6. The van der Waals surface area contributed by atoms with Crippen molar-refractivity contribution in [2.45, 2.75) is 12.5 Å².